The van der Waals surface area contributed by atoms with E-state index in [1.54, 1.807) is 0 Å². The number of rotatable bonds is 2. The largest absolute Gasteiger partial charge is 0.458 e. The minimum absolute atomic E-state index is 0.0718. The van der Waals surface area contributed by atoms with Gasteiger partial charge in [-0.15, -0.1) is 0 Å². The molecule has 2 aliphatic heterocycles. The number of ether oxygens (including phenoxy) is 3. The predicted molar refractivity (Wildman–Crippen MR) is 94.3 cm³/mol. The molecule has 28 heavy (non-hydrogen) atoms. The van der Waals surface area contributed by atoms with Crippen LogP contribution in [0.2, 0.25) is 0 Å². The van der Waals surface area contributed by atoms with Crippen molar-refractivity contribution in [2.75, 3.05) is 0 Å². The normalized spacial score (nSPS) is 53.5. The lowest BCUT2D eigenvalue weighted by Crippen LogP contribution is -2.38. The third-order valence-electron chi connectivity index (χ3n) is 8.29. The smallest absolute Gasteiger partial charge is 0.330 e. The zero-order valence-corrected chi connectivity index (χ0v) is 16.2. The number of aliphatic hydroxyl groups is 1. The summed E-state index contributed by atoms with van der Waals surface area (Å²) in [7, 11) is 0. The lowest BCUT2D eigenvalue weighted by atomic mass is 9.75. The molecule has 152 valence electrons. The van der Waals surface area contributed by atoms with Crippen molar-refractivity contribution in [1.29, 1.82) is 0 Å². The molecule has 0 aromatic carbocycles. The van der Waals surface area contributed by atoms with Gasteiger partial charge in [0.1, 0.15) is 12.2 Å². The van der Waals surface area contributed by atoms with Gasteiger partial charge in [-0.25, -0.2) is 4.79 Å². The second kappa shape index (κ2) is 5.38. The lowest BCUT2D eigenvalue weighted by molar-refractivity contribution is -0.195. The molecule has 2 saturated heterocycles. The summed E-state index contributed by atoms with van der Waals surface area (Å²) in [5.41, 5.74) is -0.690. The highest BCUT2D eigenvalue weighted by Crippen LogP contribution is 2.65. The molecule has 6 aliphatic rings. The van der Waals surface area contributed by atoms with Crippen molar-refractivity contribution >= 4 is 17.9 Å². The van der Waals surface area contributed by atoms with Gasteiger partial charge in [-0.05, 0) is 45.4 Å². The molecule has 0 radical (unpaired) electrons. The van der Waals surface area contributed by atoms with E-state index in [0.717, 1.165) is 31.8 Å². The van der Waals surface area contributed by atoms with Crippen molar-refractivity contribution in [2.24, 2.45) is 34.5 Å². The average Bonchev–Trinajstić information content (AvgIpc) is 3.36. The Bertz CT molecular complexity index is 792. The number of fused-ring (bicyclic) bond motifs is 2. The summed E-state index contributed by atoms with van der Waals surface area (Å²) in [4.78, 5) is 34.4. The third kappa shape index (κ3) is 2.11. The number of hydrogen-bond acceptors (Lipinski definition) is 7. The van der Waals surface area contributed by atoms with E-state index in [9.17, 15) is 19.5 Å². The molecule has 1 N–H and O–H groups in total. The quantitative estimate of drug-likeness (QED) is 0.435. The van der Waals surface area contributed by atoms with Gasteiger partial charge < -0.3 is 19.3 Å². The molecule has 7 heteroatoms. The van der Waals surface area contributed by atoms with Crippen LogP contribution in [0.3, 0.4) is 0 Å². The molecule has 7 nitrogen and oxygen atoms in total. The molecule has 6 rings (SSSR count). The molecule has 6 fully saturated rings. The van der Waals surface area contributed by atoms with Gasteiger partial charge in [0.2, 0.25) is 5.79 Å². The van der Waals surface area contributed by atoms with E-state index in [0.29, 0.717) is 12.3 Å². The maximum absolute atomic E-state index is 11.7. The summed E-state index contributed by atoms with van der Waals surface area (Å²) in [6.45, 7) is 7.26. The first-order valence-electron chi connectivity index (χ1n) is 10.1. The van der Waals surface area contributed by atoms with E-state index in [1.807, 2.05) is 13.8 Å². The van der Waals surface area contributed by atoms with Gasteiger partial charge in [-0.2, -0.15) is 0 Å². The minimum atomic E-state index is -1.09. The highest BCUT2D eigenvalue weighted by Gasteiger charge is 2.71. The van der Waals surface area contributed by atoms with Crippen LogP contribution in [0.4, 0.5) is 0 Å². The molecule has 0 amide bonds. The molecule has 2 heterocycles. The van der Waals surface area contributed by atoms with Crippen molar-refractivity contribution in [3.63, 3.8) is 0 Å². The van der Waals surface area contributed by atoms with Crippen LogP contribution < -0.4 is 0 Å². The zero-order valence-electron chi connectivity index (χ0n) is 16.2. The molecule has 0 spiro atoms. The minimum Gasteiger partial charge on any atom is -0.458 e. The standard InChI is InChI=1S/C12H14O4.C9H12O3/c1-3-8(13)15-9-6-4-7-10(9)16-11(14)12(7,2)5-6;1-8-3-5-2-6(8)9(11,4-5)12-7(8)10/h3,6-7,9-10H,1,4-5H2,2H3;5-6,11H,2-4H2,1H3. The summed E-state index contributed by atoms with van der Waals surface area (Å²) in [5.74, 6) is -0.740. The first-order chi connectivity index (χ1) is 13.1. The summed E-state index contributed by atoms with van der Waals surface area (Å²) >= 11 is 0. The van der Waals surface area contributed by atoms with Gasteiger partial charge in [0.15, 0.2) is 0 Å². The van der Waals surface area contributed by atoms with Crippen molar-refractivity contribution in [3.05, 3.63) is 12.7 Å². The van der Waals surface area contributed by atoms with E-state index >= 15 is 0 Å². The van der Waals surface area contributed by atoms with Gasteiger partial charge in [0.25, 0.3) is 0 Å². The van der Waals surface area contributed by atoms with Crippen molar-refractivity contribution < 1.29 is 33.7 Å². The maximum Gasteiger partial charge on any atom is 0.330 e. The first-order valence-corrected chi connectivity index (χ1v) is 10.1. The monoisotopic (exact) mass is 390 g/mol. The van der Waals surface area contributed by atoms with Gasteiger partial charge in [0, 0.05) is 30.3 Å². The van der Waals surface area contributed by atoms with E-state index in [2.05, 4.69) is 6.58 Å². The fourth-order valence-electron chi connectivity index (χ4n) is 7.02. The number of carbonyl (C=O) groups is 3. The van der Waals surface area contributed by atoms with Gasteiger partial charge in [-0.1, -0.05) is 6.58 Å². The van der Waals surface area contributed by atoms with Crippen LogP contribution >= 0.6 is 0 Å². The van der Waals surface area contributed by atoms with Crippen molar-refractivity contribution in [2.45, 2.75) is 63.9 Å². The Morgan fingerprint density at radius 1 is 1.18 bits per heavy atom. The molecule has 9 atom stereocenters. The highest BCUT2D eigenvalue weighted by atomic mass is 16.7. The summed E-state index contributed by atoms with van der Waals surface area (Å²) in [6, 6.07) is 0. The van der Waals surface area contributed by atoms with E-state index in [1.165, 1.54) is 0 Å². The molecule has 4 saturated carbocycles. The Kier molecular flexibility index (Phi) is 3.49. The molecular weight excluding hydrogens is 364 g/mol. The Hall–Kier alpha value is -1.89. The second-order valence-corrected chi connectivity index (χ2v) is 9.91. The number of esters is 3. The first kappa shape index (κ1) is 18.2. The van der Waals surface area contributed by atoms with E-state index in [4.69, 9.17) is 14.2 Å². The van der Waals surface area contributed by atoms with E-state index in [-0.39, 0.29) is 52.7 Å². The molecular formula is C21H26O7. The van der Waals surface area contributed by atoms with E-state index < -0.39 is 11.8 Å². The van der Waals surface area contributed by atoms with Crippen molar-refractivity contribution in [3.8, 4) is 0 Å². The van der Waals surface area contributed by atoms with Crippen LogP contribution in [0.5, 0.6) is 0 Å². The molecule has 4 aliphatic carbocycles. The van der Waals surface area contributed by atoms with Gasteiger partial charge in [-0.3, -0.25) is 9.59 Å². The lowest BCUT2D eigenvalue weighted by Gasteiger charge is -2.28. The fraction of sp³-hybridized carbons (Fsp3) is 0.762. The molecule has 0 aromatic heterocycles. The highest BCUT2D eigenvalue weighted by molar-refractivity contribution is 5.83. The molecule has 0 aromatic rings. The van der Waals surface area contributed by atoms with Gasteiger partial charge in [0.05, 0.1) is 10.8 Å². The van der Waals surface area contributed by atoms with Crippen LogP contribution in [-0.4, -0.2) is 41.0 Å². The Balaban J connectivity index is 0.000000127. The zero-order chi connectivity index (χ0) is 20.1. The second-order valence-electron chi connectivity index (χ2n) is 9.91. The molecule has 4 bridgehead atoms. The summed E-state index contributed by atoms with van der Waals surface area (Å²) in [6.07, 6.45) is 4.94. The fourth-order valence-corrected chi connectivity index (χ4v) is 7.02. The Morgan fingerprint density at radius 3 is 2.54 bits per heavy atom. The summed E-state index contributed by atoms with van der Waals surface area (Å²) < 4.78 is 15.7. The Morgan fingerprint density at radius 2 is 1.93 bits per heavy atom. The topological polar surface area (TPSA) is 99.1 Å². The Labute approximate surface area is 163 Å². The van der Waals surface area contributed by atoms with Crippen LogP contribution in [0, 0.1) is 34.5 Å². The SMILES string of the molecule is C=CC(=O)OC1C2CC3C1OC(=O)C3(C)C2.CC12CC3CC1C(O)(C3)OC2=O. The van der Waals surface area contributed by atoms with Crippen molar-refractivity contribution in [1.82, 2.24) is 0 Å². The third-order valence-corrected chi connectivity index (χ3v) is 8.29. The average molecular weight is 390 g/mol. The molecule has 9 unspecified atom stereocenters. The van der Waals surface area contributed by atoms with Gasteiger partial charge >= 0.3 is 17.9 Å². The maximum atomic E-state index is 11.7. The van der Waals surface area contributed by atoms with Crippen LogP contribution in [0.15, 0.2) is 12.7 Å². The summed E-state index contributed by atoms with van der Waals surface area (Å²) in [5, 5.41) is 9.92. The van der Waals surface area contributed by atoms with Crippen LogP contribution in [0.25, 0.3) is 0 Å². The van der Waals surface area contributed by atoms with Crippen LogP contribution in [0.1, 0.15) is 46.0 Å². The number of carbonyl (C=O) groups excluding carboxylic acids is 3. The number of hydrogen-bond donors (Lipinski definition) is 1. The predicted octanol–water partition coefficient (Wildman–Crippen LogP) is 1.72. The van der Waals surface area contributed by atoms with Crippen LogP contribution in [-0.2, 0) is 28.6 Å².